The van der Waals surface area contributed by atoms with Crippen molar-refractivity contribution >= 4 is 34.9 Å². The van der Waals surface area contributed by atoms with Crippen molar-refractivity contribution < 1.29 is 19.0 Å². The second-order valence-corrected chi connectivity index (χ2v) is 9.07. The summed E-state index contributed by atoms with van der Waals surface area (Å²) < 4.78 is 17.6. The van der Waals surface area contributed by atoms with Gasteiger partial charge < -0.3 is 24.4 Å². The van der Waals surface area contributed by atoms with Crippen molar-refractivity contribution in [2.24, 2.45) is 11.8 Å². The fourth-order valence-electron chi connectivity index (χ4n) is 4.24. The minimum absolute atomic E-state index is 0.0526. The first-order valence-electron chi connectivity index (χ1n) is 10.9. The van der Waals surface area contributed by atoms with Crippen LogP contribution in [0.1, 0.15) is 19.4 Å². The SMILES string of the molecule is [C-]#[N+]c1ccc(Nc2nccc(OC3C4COCC3CN(C(=O)OC(C)C)C4)c2C)c(Cl)c1. The number of piperidine rings is 1. The quantitative estimate of drug-likeness (QED) is 0.604. The number of carbonyl (C=O) groups excluding carboxylic acids is 1. The Morgan fingerprint density at radius 2 is 2.03 bits per heavy atom. The van der Waals surface area contributed by atoms with Crippen molar-refractivity contribution in [3.8, 4) is 5.75 Å². The summed E-state index contributed by atoms with van der Waals surface area (Å²) in [5.41, 5.74) is 1.99. The maximum atomic E-state index is 12.4. The highest BCUT2D eigenvalue weighted by Crippen LogP contribution is 2.36. The van der Waals surface area contributed by atoms with Crippen LogP contribution in [-0.2, 0) is 9.47 Å². The van der Waals surface area contributed by atoms with Crippen LogP contribution in [0.2, 0.25) is 5.02 Å². The standard InChI is InChI=1S/C24H27ClN4O4/c1-14(2)32-24(30)29-10-16-12-31-13-17(11-29)22(16)33-21-7-8-27-23(15(21)3)28-20-6-5-18(26-4)9-19(20)25/h5-9,14,16-17,22H,10-13H2,1-3H3,(H,27,28). The lowest BCUT2D eigenvalue weighted by Crippen LogP contribution is -2.58. The molecule has 174 valence electrons. The molecule has 2 aromatic rings. The third-order valence-corrected chi connectivity index (χ3v) is 6.16. The number of anilines is 2. The molecule has 2 bridgehead atoms. The van der Waals surface area contributed by atoms with Crippen molar-refractivity contribution in [2.75, 3.05) is 31.6 Å². The highest BCUT2D eigenvalue weighted by Gasteiger charge is 2.44. The average molecular weight is 471 g/mol. The largest absolute Gasteiger partial charge is 0.489 e. The first kappa shape index (κ1) is 23.1. The number of hydrogen-bond acceptors (Lipinski definition) is 6. The number of halogens is 1. The molecule has 0 radical (unpaired) electrons. The summed E-state index contributed by atoms with van der Waals surface area (Å²) in [7, 11) is 0. The summed E-state index contributed by atoms with van der Waals surface area (Å²) in [4.78, 5) is 22.0. The number of pyridine rings is 1. The van der Waals surface area contributed by atoms with Crippen LogP contribution in [0.3, 0.4) is 0 Å². The maximum absolute atomic E-state index is 12.4. The Morgan fingerprint density at radius 3 is 2.67 bits per heavy atom. The van der Waals surface area contributed by atoms with Crippen LogP contribution in [0.15, 0.2) is 30.5 Å². The number of hydrogen-bond donors (Lipinski definition) is 1. The molecule has 1 amide bonds. The zero-order valence-corrected chi connectivity index (χ0v) is 19.6. The van der Waals surface area contributed by atoms with Gasteiger partial charge in [0.2, 0.25) is 0 Å². The Kier molecular flexibility index (Phi) is 6.91. The predicted octanol–water partition coefficient (Wildman–Crippen LogP) is 5.21. The van der Waals surface area contributed by atoms with Crippen LogP contribution >= 0.6 is 11.6 Å². The molecule has 33 heavy (non-hydrogen) atoms. The zero-order valence-electron chi connectivity index (χ0n) is 18.9. The van der Waals surface area contributed by atoms with Crippen LogP contribution in [0.25, 0.3) is 4.85 Å². The first-order chi connectivity index (χ1) is 15.9. The van der Waals surface area contributed by atoms with Gasteiger partial charge in [0.15, 0.2) is 5.69 Å². The van der Waals surface area contributed by atoms with Gasteiger partial charge in [-0.15, -0.1) is 0 Å². The molecule has 2 atom stereocenters. The molecule has 2 aliphatic rings. The third kappa shape index (κ3) is 5.15. The summed E-state index contributed by atoms with van der Waals surface area (Å²) in [5.74, 6) is 1.46. The second-order valence-electron chi connectivity index (χ2n) is 8.66. The van der Waals surface area contributed by atoms with E-state index < -0.39 is 0 Å². The summed E-state index contributed by atoms with van der Waals surface area (Å²) in [5, 5.41) is 3.69. The van der Waals surface area contributed by atoms with E-state index in [-0.39, 0.29) is 30.1 Å². The number of aromatic nitrogens is 1. The Balaban J connectivity index is 1.49. The predicted molar refractivity (Wildman–Crippen MR) is 125 cm³/mol. The van der Waals surface area contributed by atoms with Crippen LogP contribution < -0.4 is 10.1 Å². The lowest BCUT2D eigenvalue weighted by Gasteiger charge is -2.46. The van der Waals surface area contributed by atoms with Gasteiger partial charge in [0.1, 0.15) is 17.7 Å². The lowest BCUT2D eigenvalue weighted by atomic mass is 9.84. The van der Waals surface area contributed by atoms with Crippen LogP contribution in [0, 0.1) is 25.3 Å². The molecule has 2 unspecified atom stereocenters. The first-order valence-corrected chi connectivity index (χ1v) is 11.3. The number of fused-ring (bicyclic) bond motifs is 2. The van der Waals surface area contributed by atoms with Gasteiger partial charge in [-0.3, -0.25) is 0 Å². The summed E-state index contributed by atoms with van der Waals surface area (Å²) in [6, 6.07) is 6.93. The van der Waals surface area contributed by atoms with Gasteiger partial charge >= 0.3 is 6.09 Å². The van der Waals surface area contributed by atoms with Crippen LogP contribution in [-0.4, -0.2) is 54.5 Å². The molecule has 0 spiro atoms. The summed E-state index contributed by atoms with van der Waals surface area (Å²) in [6.45, 7) is 14.9. The van der Waals surface area contributed by atoms with Crippen molar-refractivity contribution in [1.82, 2.24) is 9.88 Å². The van der Waals surface area contributed by atoms with E-state index in [0.717, 1.165) is 11.3 Å². The normalized spacial score (nSPS) is 21.9. The number of rotatable bonds is 5. The minimum atomic E-state index is -0.284. The second kappa shape index (κ2) is 9.86. The monoisotopic (exact) mass is 470 g/mol. The highest BCUT2D eigenvalue weighted by molar-refractivity contribution is 6.33. The van der Waals surface area contributed by atoms with E-state index in [2.05, 4.69) is 15.1 Å². The highest BCUT2D eigenvalue weighted by atomic mass is 35.5. The van der Waals surface area contributed by atoms with Crippen LogP contribution in [0.5, 0.6) is 5.75 Å². The van der Waals surface area contributed by atoms with Crippen molar-refractivity contribution in [3.63, 3.8) is 0 Å². The number of nitrogens with zero attached hydrogens (tertiary/aromatic N) is 3. The van der Waals surface area contributed by atoms with E-state index >= 15 is 0 Å². The molecule has 0 saturated carbocycles. The molecular formula is C24H27ClN4O4. The number of likely N-dealkylation sites (tertiary alicyclic amines) is 1. The molecule has 0 aliphatic carbocycles. The molecule has 1 aromatic carbocycles. The molecule has 1 N–H and O–H groups in total. The van der Waals surface area contributed by atoms with Gasteiger partial charge in [-0.25, -0.2) is 14.6 Å². The van der Waals surface area contributed by atoms with Crippen molar-refractivity contribution in [1.29, 1.82) is 0 Å². The third-order valence-electron chi connectivity index (χ3n) is 5.85. The molecule has 8 nitrogen and oxygen atoms in total. The molecule has 3 heterocycles. The van der Waals surface area contributed by atoms with Crippen molar-refractivity contribution in [2.45, 2.75) is 33.0 Å². The Bertz CT molecular complexity index is 1060. The lowest BCUT2D eigenvalue weighted by molar-refractivity contribution is -0.110. The van der Waals surface area contributed by atoms with Gasteiger partial charge in [-0.1, -0.05) is 17.7 Å². The number of ether oxygens (including phenoxy) is 3. The van der Waals surface area contributed by atoms with Crippen LogP contribution in [0.4, 0.5) is 22.0 Å². The fraction of sp³-hybridized carbons (Fsp3) is 0.458. The Morgan fingerprint density at radius 1 is 1.30 bits per heavy atom. The molecule has 9 heteroatoms. The summed E-state index contributed by atoms with van der Waals surface area (Å²) >= 11 is 6.32. The fourth-order valence-corrected chi connectivity index (χ4v) is 4.46. The van der Waals surface area contributed by atoms with Gasteiger partial charge in [0.05, 0.1) is 36.6 Å². The van der Waals surface area contributed by atoms with Gasteiger partial charge in [0.25, 0.3) is 0 Å². The maximum Gasteiger partial charge on any atom is 0.410 e. The molecule has 2 saturated heterocycles. The molecule has 2 fully saturated rings. The van der Waals surface area contributed by atoms with E-state index in [4.69, 9.17) is 32.4 Å². The Labute approximate surface area is 198 Å². The topological polar surface area (TPSA) is 77.3 Å². The van der Waals surface area contributed by atoms with Gasteiger partial charge in [-0.05, 0) is 39.0 Å². The van der Waals surface area contributed by atoms with Gasteiger partial charge in [0, 0.05) is 36.7 Å². The van der Waals surface area contributed by atoms with Gasteiger partial charge in [-0.2, -0.15) is 0 Å². The summed E-state index contributed by atoms with van der Waals surface area (Å²) in [6.07, 6.45) is 1.18. The smallest absolute Gasteiger partial charge is 0.410 e. The number of carbonyl (C=O) groups is 1. The number of nitrogens with one attached hydrogen (secondary N) is 1. The number of benzene rings is 1. The molecule has 4 rings (SSSR count). The zero-order chi connectivity index (χ0) is 23.5. The molecular weight excluding hydrogens is 444 g/mol. The Hall–Kier alpha value is -3.02. The van der Waals surface area contributed by atoms with Crippen molar-refractivity contribution in [3.05, 3.63) is 52.5 Å². The molecule has 2 aliphatic heterocycles. The van der Waals surface area contributed by atoms with E-state index in [9.17, 15) is 4.79 Å². The number of amides is 1. The van der Waals surface area contributed by atoms with E-state index in [1.165, 1.54) is 0 Å². The minimum Gasteiger partial charge on any atom is -0.489 e. The van der Waals surface area contributed by atoms with E-state index in [1.54, 1.807) is 29.3 Å². The van der Waals surface area contributed by atoms with E-state index in [1.807, 2.05) is 26.8 Å². The average Bonchev–Trinajstić information content (AvgIpc) is 2.76. The molecule has 1 aromatic heterocycles. The van der Waals surface area contributed by atoms with E-state index in [0.29, 0.717) is 48.5 Å².